The fraction of sp³-hybridized carbons (Fsp3) is 0.318. The topological polar surface area (TPSA) is 78.3 Å². The van der Waals surface area contributed by atoms with Crippen molar-refractivity contribution in [1.29, 1.82) is 0 Å². The Kier molecular flexibility index (Phi) is 7.51. The maximum absolute atomic E-state index is 13.0. The van der Waals surface area contributed by atoms with Crippen LogP contribution in [-0.2, 0) is 11.3 Å². The average molecular weight is 445 g/mol. The summed E-state index contributed by atoms with van der Waals surface area (Å²) in [6.45, 7) is 6.28. The van der Waals surface area contributed by atoms with E-state index in [4.69, 9.17) is 9.47 Å². The molecule has 2 aromatic carbocycles. The molecule has 31 heavy (non-hydrogen) atoms. The van der Waals surface area contributed by atoms with Crippen molar-refractivity contribution in [1.82, 2.24) is 14.8 Å². The molecule has 0 bridgehead atoms. The van der Waals surface area contributed by atoms with Gasteiger partial charge in [0.25, 0.3) is 0 Å². The molecule has 9 heteroatoms. The first-order valence-corrected chi connectivity index (χ1v) is 10.8. The molecule has 2 unspecified atom stereocenters. The molecule has 0 saturated heterocycles. The maximum Gasteiger partial charge on any atom is 0.237 e. The molecule has 0 aliphatic rings. The van der Waals surface area contributed by atoms with Crippen LogP contribution in [0.25, 0.3) is 0 Å². The molecule has 3 aromatic rings. The highest BCUT2D eigenvalue weighted by Gasteiger charge is 2.23. The number of halogens is 1. The lowest BCUT2D eigenvalue weighted by Gasteiger charge is -2.18. The number of ether oxygens (including phenoxy) is 2. The summed E-state index contributed by atoms with van der Waals surface area (Å²) in [4.78, 5) is 12.5. The van der Waals surface area contributed by atoms with E-state index in [1.54, 1.807) is 14.0 Å². The molecule has 0 saturated carbocycles. The first kappa shape index (κ1) is 22.6. The van der Waals surface area contributed by atoms with Crippen molar-refractivity contribution < 1.29 is 18.7 Å². The second-order valence-electron chi connectivity index (χ2n) is 6.75. The minimum atomic E-state index is -0.433. The Morgan fingerprint density at radius 3 is 2.45 bits per heavy atom. The largest absolute Gasteiger partial charge is 0.493 e. The van der Waals surface area contributed by atoms with Crippen LogP contribution in [0.1, 0.15) is 32.7 Å². The van der Waals surface area contributed by atoms with Gasteiger partial charge in [0.1, 0.15) is 5.82 Å². The summed E-state index contributed by atoms with van der Waals surface area (Å²) in [6.07, 6.45) is -0.374. The predicted molar refractivity (Wildman–Crippen MR) is 118 cm³/mol. The fourth-order valence-electron chi connectivity index (χ4n) is 2.93. The number of rotatable bonds is 9. The standard InChI is InChI=1S/C22H25FN4O3S/c1-5-27-20(14(2)30-19-9-7-6-8-18(19)29-4)25-26-22(27)31-15(3)21(28)24-17-12-10-16(23)11-13-17/h6-15H,5H2,1-4H3,(H,24,28). The minimum Gasteiger partial charge on any atom is -0.493 e. The summed E-state index contributed by atoms with van der Waals surface area (Å²) in [5.41, 5.74) is 0.537. The summed E-state index contributed by atoms with van der Waals surface area (Å²) >= 11 is 1.30. The number of para-hydroxylation sites is 2. The summed E-state index contributed by atoms with van der Waals surface area (Å²) < 4.78 is 26.4. The van der Waals surface area contributed by atoms with Gasteiger partial charge >= 0.3 is 0 Å². The Balaban J connectivity index is 1.70. The molecule has 0 aliphatic carbocycles. The van der Waals surface area contributed by atoms with Gasteiger partial charge in [0.2, 0.25) is 5.91 Å². The van der Waals surface area contributed by atoms with E-state index in [1.807, 2.05) is 42.7 Å². The van der Waals surface area contributed by atoms with Gasteiger partial charge in [-0.25, -0.2) is 4.39 Å². The van der Waals surface area contributed by atoms with E-state index < -0.39 is 5.25 Å². The van der Waals surface area contributed by atoms with Gasteiger partial charge in [0, 0.05) is 12.2 Å². The van der Waals surface area contributed by atoms with Gasteiger partial charge in [0.05, 0.1) is 12.4 Å². The molecule has 0 aliphatic heterocycles. The third kappa shape index (κ3) is 5.55. The molecule has 164 valence electrons. The van der Waals surface area contributed by atoms with Gasteiger partial charge in [0.15, 0.2) is 28.6 Å². The highest BCUT2D eigenvalue weighted by atomic mass is 32.2. The molecule has 2 atom stereocenters. The SMILES string of the molecule is CCn1c(SC(C)C(=O)Nc2ccc(F)cc2)nnc1C(C)Oc1ccccc1OC. The monoisotopic (exact) mass is 444 g/mol. The summed E-state index contributed by atoms with van der Waals surface area (Å²) in [5, 5.41) is 11.5. The molecule has 1 amide bonds. The smallest absolute Gasteiger partial charge is 0.237 e. The lowest BCUT2D eigenvalue weighted by molar-refractivity contribution is -0.115. The van der Waals surface area contributed by atoms with Gasteiger partial charge in [-0.1, -0.05) is 23.9 Å². The molecule has 1 N–H and O–H groups in total. The van der Waals surface area contributed by atoms with Gasteiger partial charge in [-0.3, -0.25) is 4.79 Å². The molecule has 0 fully saturated rings. The van der Waals surface area contributed by atoms with Crippen LogP contribution in [-0.4, -0.2) is 33.0 Å². The summed E-state index contributed by atoms with van der Waals surface area (Å²) in [7, 11) is 1.59. The minimum absolute atomic E-state index is 0.206. The van der Waals surface area contributed by atoms with Crippen LogP contribution in [0.3, 0.4) is 0 Å². The van der Waals surface area contributed by atoms with Crippen molar-refractivity contribution >= 4 is 23.4 Å². The van der Waals surface area contributed by atoms with E-state index in [1.165, 1.54) is 36.0 Å². The maximum atomic E-state index is 13.0. The van der Waals surface area contributed by atoms with Crippen LogP contribution in [0.15, 0.2) is 53.7 Å². The van der Waals surface area contributed by atoms with E-state index in [9.17, 15) is 9.18 Å². The third-order valence-corrected chi connectivity index (χ3v) is 5.64. The first-order valence-electron chi connectivity index (χ1n) is 9.88. The molecule has 7 nitrogen and oxygen atoms in total. The van der Waals surface area contributed by atoms with Gasteiger partial charge in [-0.15, -0.1) is 10.2 Å². The zero-order valence-corrected chi connectivity index (χ0v) is 18.6. The van der Waals surface area contributed by atoms with Gasteiger partial charge in [-0.05, 0) is 57.2 Å². The van der Waals surface area contributed by atoms with Crippen LogP contribution in [0.5, 0.6) is 11.5 Å². The Hall–Kier alpha value is -3.07. The van der Waals surface area contributed by atoms with Crippen molar-refractivity contribution in [3.8, 4) is 11.5 Å². The van der Waals surface area contributed by atoms with Crippen molar-refractivity contribution in [3.05, 3.63) is 60.2 Å². The quantitative estimate of drug-likeness (QED) is 0.482. The predicted octanol–water partition coefficient (Wildman–Crippen LogP) is 4.71. The highest BCUT2D eigenvalue weighted by Crippen LogP contribution is 2.31. The average Bonchev–Trinajstić information content (AvgIpc) is 3.18. The lowest BCUT2D eigenvalue weighted by atomic mass is 10.3. The van der Waals surface area contributed by atoms with Crippen molar-refractivity contribution in [2.75, 3.05) is 12.4 Å². The Morgan fingerprint density at radius 1 is 1.13 bits per heavy atom. The Labute approximate surface area is 185 Å². The second kappa shape index (κ2) is 10.3. The highest BCUT2D eigenvalue weighted by molar-refractivity contribution is 8.00. The van der Waals surface area contributed by atoms with Crippen LogP contribution >= 0.6 is 11.8 Å². The molecular weight excluding hydrogens is 419 g/mol. The van der Waals surface area contributed by atoms with Crippen LogP contribution in [0, 0.1) is 5.82 Å². The van der Waals surface area contributed by atoms with Crippen molar-refractivity contribution in [2.45, 2.75) is 43.8 Å². The first-order chi connectivity index (χ1) is 14.9. The number of anilines is 1. The van der Waals surface area contributed by atoms with Crippen molar-refractivity contribution in [2.24, 2.45) is 0 Å². The number of carbonyl (C=O) groups excluding carboxylic acids is 1. The number of nitrogens with one attached hydrogen (secondary N) is 1. The molecule has 3 rings (SSSR count). The zero-order chi connectivity index (χ0) is 22.4. The fourth-order valence-corrected chi connectivity index (χ4v) is 3.85. The van der Waals surface area contributed by atoms with E-state index in [0.29, 0.717) is 34.7 Å². The second-order valence-corrected chi connectivity index (χ2v) is 8.06. The number of nitrogens with zero attached hydrogens (tertiary/aromatic N) is 3. The molecule has 1 aromatic heterocycles. The molecule has 1 heterocycles. The zero-order valence-electron chi connectivity index (χ0n) is 17.8. The van der Waals surface area contributed by atoms with E-state index >= 15 is 0 Å². The number of methoxy groups -OCH3 is 1. The van der Waals surface area contributed by atoms with Crippen LogP contribution in [0.4, 0.5) is 10.1 Å². The summed E-state index contributed by atoms with van der Waals surface area (Å²) in [5.74, 6) is 1.35. The Morgan fingerprint density at radius 2 is 1.81 bits per heavy atom. The number of benzene rings is 2. The lowest BCUT2D eigenvalue weighted by Crippen LogP contribution is -2.23. The van der Waals surface area contributed by atoms with E-state index in [-0.39, 0.29) is 17.8 Å². The van der Waals surface area contributed by atoms with Crippen molar-refractivity contribution in [3.63, 3.8) is 0 Å². The van der Waals surface area contributed by atoms with Gasteiger partial charge < -0.3 is 19.4 Å². The number of hydrogen-bond acceptors (Lipinski definition) is 6. The molecule has 0 spiro atoms. The molecular formula is C22H25FN4O3S. The van der Waals surface area contributed by atoms with Crippen LogP contribution in [0.2, 0.25) is 0 Å². The van der Waals surface area contributed by atoms with Gasteiger partial charge in [-0.2, -0.15) is 0 Å². The number of carbonyl (C=O) groups is 1. The number of thioether (sulfide) groups is 1. The summed E-state index contributed by atoms with van der Waals surface area (Å²) in [6, 6.07) is 13.1. The van der Waals surface area contributed by atoms with E-state index in [2.05, 4.69) is 15.5 Å². The normalized spacial score (nSPS) is 12.8. The third-order valence-electron chi connectivity index (χ3n) is 4.56. The Bertz CT molecular complexity index is 1030. The number of aromatic nitrogens is 3. The van der Waals surface area contributed by atoms with E-state index in [0.717, 1.165) is 0 Å². The number of hydrogen-bond donors (Lipinski definition) is 1. The van der Waals surface area contributed by atoms with Crippen LogP contribution < -0.4 is 14.8 Å². The molecule has 0 radical (unpaired) electrons. The number of amides is 1.